The third-order valence-corrected chi connectivity index (χ3v) is 5.73. The fourth-order valence-electron chi connectivity index (χ4n) is 2.79. The second-order valence-corrected chi connectivity index (χ2v) is 8.33. The highest BCUT2D eigenvalue weighted by Gasteiger charge is 2.20. The number of pyridine rings is 1. The first-order chi connectivity index (χ1) is 14.9. The van der Waals surface area contributed by atoms with E-state index in [0.29, 0.717) is 34.0 Å². The summed E-state index contributed by atoms with van der Waals surface area (Å²) >= 11 is 13.3. The van der Waals surface area contributed by atoms with Crippen LogP contribution in [0, 0.1) is 6.92 Å². The van der Waals surface area contributed by atoms with Gasteiger partial charge < -0.3 is 10.1 Å². The molecule has 0 fully saturated rings. The Labute approximate surface area is 194 Å². The standard InChI is InChI=1S/C21H21Cl2N5O2S/c1-4-10-28-20(14(3)30-17-8-7-15(22)11-13(17)2)26-27-21(28)31-12-18(29)25-16-6-5-9-24-19(16)23/h4-9,11,14H,1,10,12H2,2-3H3,(H,25,29). The van der Waals surface area contributed by atoms with Crippen LogP contribution in [0.15, 0.2) is 54.3 Å². The van der Waals surface area contributed by atoms with E-state index < -0.39 is 0 Å². The van der Waals surface area contributed by atoms with E-state index in [9.17, 15) is 4.79 Å². The maximum atomic E-state index is 12.3. The van der Waals surface area contributed by atoms with Crippen LogP contribution in [0.3, 0.4) is 0 Å². The van der Waals surface area contributed by atoms with Gasteiger partial charge in [0, 0.05) is 17.8 Å². The lowest BCUT2D eigenvalue weighted by atomic mass is 10.2. The Morgan fingerprint density at radius 1 is 1.35 bits per heavy atom. The lowest BCUT2D eigenvalue weighted by molar-refractivity contribution is -0.113. The Kier molecular flexibility index (Phi) is 7.95. The van der Waals surface area contributed by atoms with Gasteiger partial charge in [-0.2, -0.15) is 0 Å². The van der Waals surface area contributed by atoms with Gasteiger partial charge in [-0.15, -0.1) is 16.8 Å². The van der Waals surface area contributed by atoms with Gasteiger partial charge in [-0.1, -0.05) is 41.0 Å². The van der Waals surface area contributed by atoms with Gasteiger partial charge in [-0.25, -0.2) is 4.98 Å². The highest BCUT2D eigenvalue weighted by molar-refractivity contribution is 7.99. The maximum Gasteiger partial charge on any atom is 0.234 e. The molecule has 0 saturated carbocycles. The molecule has 0 aliphatic carbocycles. The molecule has 0 radical (unpaired) electrons. The molecule has 0 aliphatic rings. The summed E-state index contributed by atoms with van der Waals surface area (Å²) in [7, 11) is 0. The van der Waals surface area contributed by atoms with E-state index in [1.165, 1.54) is 11.8 Å². The van der Waals surface area contributed by atoms with Gasteiger partial charge in [0.2, 0.25) is 5.91 Å². The summed E-state index contributed by atoms with van der Waals surface area (Å²) in [6.07, 6.45) is 2.93. The van der Waals surface area contributed by atoms with Crippen LogP contribution >= 0.6 is 35.0 Å². The fraction of sp³-hybridized carbons (Fsp3) is 0.238. The minimum atomic E-state index is -0.371. The second-order valence-electron chi connectivity index (χ2n) is 6.59. The lowest BCUT2D eigenvalue weighted by Crippen LogP contribution is -2.16. The average Bonchev–Trinajstić information content (AvgIpc) is 3.13. The quantitative estimate of drug-likeness (QED) is 0.254. The van der Waals surface area contributed by atoms with Gasteiger partial charge in [0.05, 0.1) is 11.4 Å². The van der Waals surface area contributed by atoms with E-state index in [1.807, 2.05) is 30.5 Å². The predicted octanol–water partition coefficient (Wildman–Crippen LogP) is 5.35. The van der Waals surface area contributed by atoms with E-state index in [2.05, 4.69) is 27.1 Å². The summed E-state index contributed by atoms with van der Waals surface area (Å²) in [6, 6.07) is 8.83. The maximum absolute atomic E-state index is 12.3. The highest BCUT2D eigenvalue weighted by atomic mass is 35.5. The van der Waals surface area contributed by atoms with Crippen LogP contribution in [0.2, 0.25) is 10.2 Å². The molecular weight excluding hydrogens is 457 g/mol. The molecule has 0 saturated heterocycles. The van der Waals surface area contributed by atoms with Crippen molar-refractivity contribution < 1.29 is 9.53 Å². The molecular formula is C21H21Cl2N5O2S. The number of thioether (sulfide) groups is 1. The van der Waals surface area contributed by atoms with Crippen LogP contribution in [-0.2, 0) is 11.3 Å². The Hall–Kier alpha value is -2.55. The highest BCUT2D eigenvalue weighted by Crippen LogP contribution is 2.28. The first-order valence-electron chi connectivity index (χ1n) is 9.39. The molecule has 1 aromatic carbocycles. The van der Waals surface area contributed by atoms with Crippen molar-refractivity contribution in [2.45, 2.75) is 31.7 Å². The van der Waals surface area contributed by atoms with Gasteiger partial charge in [-0.05, 0) is 49.7 Å². The Balaban J connectivity index is 1.70. The number of benzene rings is 1. The molecule has 0 spiro atoms. The van der Waals surface area contributed by atoms with Crippen LogP contribution in [0.25, 0.3) is 0 Å². The Morgan fingerprint density at radius 2 is 2.16 bits per heavy atom. The average molecular weight is 478 g/mol. The number of aromatic nitrogens is 4. The van der Waals surface area contributed by atoms with Crippen molar-refractivity contribution in [3.8, 4) is 5.75 Å². The largest absolute Gasteiger partial charge is 0.482 e. The summed E-state index contributed by atoms with van der Waals surface area (Å²) in [5.74, 6) is 1.25. The van der Waals surface area contributed by atoms with Crippen LogP contribution < -0.4 is 10.1 Å². The molecule has 1 atom stereocenters. The number of ether oxygens (including phenoxy) is 1. The number of amides is 1. The summed E-state index contributed by atoms with van der Waals surface area (Å²) in [6.45, 7) is 8.10. The molecule has 3 rings (SSSR count). The molecule has 2 heterocycles. The van der Waals surface area contributed by atoms with Gasteiger partial charge in [0.25, 0.3) is 0 Å². The molecule has 1 unspecified atom stereocenters. The van der Waals surface area contributed by atoms with Crippen molar-refractivity contribution in [1.82, 2.24) is 19.7 Å². The second kappa shape index (κ2) is 10.7. The molecule has 31 heavy (non-hydrogen) atoms. The van der Waals surface area contributed by atoms with E-state index in [-0.39, 0.29) is 22.9 Å². The van der Waals surface area contributed by atoms with Crippen molar-refractivity contribution in [3.63, 3.8) is 0 Å². The number of anilines is 1. The third-order valence-electron chi connectivity index (χ3n) is 4.23. The number of carbonyl (C=O) groups excluding carboxylic acids is 1. The van der Waals surface area contributed by atoms with Gasteiger partial charge in [0.15, 0.2) is 22.2 Å². The number of hydrogen-bond donors (Lipinski definition) is 1. The first kappa shape index (κ1) is 23.1. The zero-order chi connectivity index (χ0) is 22.4. The van der Waals surface area contributed by atoms with E-state index in [0.717, 1.165) is 5.56 Å². The smallest absolute Gasteiger partial charge is 0.234 e. The minimum absolute atomic E-state index is 0.131. The van der Waals surface area contributed by atoms with Gasteiger partial charge in [0.1, 0.15) is 5.75 Å². The number of hydrogen-bond acceptors (Lipinski definition) is 6. The number of carbonyl (C=O) groups is 1. The van der Waals surface area contributed by atoms with Crippen LogP contribution in [0.1, 0.15) is 24.4 Å². The summed E-state index contributed by atoms with van der Waals surface area (Å²) in [4.78, 5) is 16.3. The number of halogens is 2. The molecule has 162 valence electrons. The number of nitrogens with one attached hydrogen (secondary N) is 1. The van der Waals surface area contributed by atoms with Crippen molar-refractivity contribution in [2.75, 3.05) is 11.1 Å². The van der Waals surface area contributed by atoms with Crippen molar-refractivity contribution in [1.29, 1.82) is 0 Å². The van der Waals surface area contributed by atoms with Gasteiger partial charge >= 0.3 is 0 Å². The van der Waals surface area contributed by atoms with Crippen LogP contribution in [0.5, 0.6) is 5.75 Å². The molecule has 1 N–H and O–H groups in total. The molecule has 2 aromatic heterocycles. The third kappa shape index (κ3) is 6.00. The van der Waals surface area contributed by atoms with Crippen LogP contribution in [0.4, 0.5) is 5.69 Å². The number of aryl methyl sites for hydroxylation is 1. The van der Waals surface area contributed by atoms with E-state index in [4.69, 9.17) is 27.9 Å². The van der Waals surface area contributed by atoms with Crippen molar-refractivity contribution >= 4 is 46.6 Å². The lowest BCUT2D eigenvalue weighted by Gasteiger charge is -2.17. The summed E-state index contributed by atoms with van der Waals surface area (Å²) in [5.41, 5.74) is 1.39. The molecule has 10 heteroatoms. The topological polar surface area (TPSA) is 81.9 Å². The zero-order valence-corrected chi connectivity index (χ0v) is 19.3. The molecule has 0 aliphatic heterocycles. The van der Waals surface area contributed by atoms with Crippen molar-refractivity contribution in [2.24, 2.45) is 0 Å². The van der Waals surface area contributed by atoms with Crippen molar-refractivity contribution in [3.05, 3.63) is 70.7 Å². The number of nitrogens with zero attached hydrogens (tertiary/aromatic N) is 4. The molecule has 1 amide bonds. The summed E-state index contributed by atoms with van der Waals surface area (Å²) < 4.78 is 7.95. The normalized spacial score (nSPS) is 11.7. The monoisotopic (exact) mass is 477 g/mol. The molecule has 3 aromatic rings. The molecule has 0 bridgehead atoms. The Bertz CT molecular complexity index is 1090. The molecule has 7 nitrogen and oxygen atoms in total. The predicted molar refractivity (Wildman–Crippen MR) is 124 cm³/mol. The van der Waals surface area contributed by atoms with E-state index >= 15 is 0 Å². The Morgan fingerprint density at radius 3 is 2.87 bits per heavy atom. The first-order valence-corrected chi connectivity index (χ1v) is 11.1. The fourth-order valence-corrected chi connectivity index (χ4v) is 3.94. The number of rotatable bonds is 9. The number of allylic oxidation sites excluding steroid dienone is 1. The SMILES string of the molecule is C=CCn1c(SCC(=O)Nc2cccnc2Cl)nnc1C(C)Oc1ccc(Cl)cc1C. The van der Waals surface area contributed by atoms with E-state index in [1.54, 1.807) is 30.5 Å². The van der Waals surface area contributed by atoms with Crippen LogP contribution in [-0.4, -0.2) is 31.4 Å². The zero-order valence-electron chi connectivity index (χ0n) is 17.0. The minimum Gasteiger partial charge on any atom is -0.482 e. The summed E-state index contributed by atoms with van der Waals surface area (Å²) in [5, 5.41) is 12.7. The van der Waals surface area contributed by atoms with Gasteiger partial charge in [-0.3, -0.25) is 9.36 Å².